The molecule has 0 radical (unpaired) electrons. The van der Waals surface area contributed by atoms with Gasteiger partial charge in [-0.15, -0.1) is 0 Å². The Morgan fingerprint density at radius 3 is 2.45 bits per heavy atom. The van der Waals surface area contributed by atoms with Crippen molar-refractivity contribution >= 4 is 12.0 Å². The predicted octanol–water partition coefficient (Wildman–Crippen LogP) is 2.30. The first-order chi connectivity index (χ1) is 9.32. The molecule has 0 bridgehead atoms. The largest absolute Gasteiger partial charge is 0.416 e. The minimum atomic E-state index is -4.73. The van der Waals surface area contributed by atoms with Crippen molar-refractivity contribution in [1.82, 2.24) is 5.32 Å². The van der Waals surface area contributed by atoms with E-state index in [0.717, 1.165) is 23.6 Å². The van der Waals surface area contributed by atoms with Crippen LogP contribution in [0.1, 0.15) is 18.1 Å². The molecular formula is C14H16F3NO2. The summed E-state index contributed by atoms with van der Waals surface area (Å²) in [5.41, 5.74) is 1.92. The van der Waals surface area contributed by atoms with Gasteiger partial charge in [0.15, 0.2) is 6.10 Å². The van der Waals surface area contributed by atoms with Crippen molar-refractivity contribution < 1.29 is 23.1 Å². The Morgan fingerprint density at radius 2 is 1.95 bits per heavy atom. The second-order valence-electron chi connectivity index (χ2n) is 4.23. The second-order valence-corrected chi connectivity index (χ2v) is 4.23. The summed E-state index contributed by atoms with van der Waals surface area (Å²) in [6.45, 7) is 1.16. The van der Waals surface area contributed by atoms with E-state index >= 15 is 0 Å². The highest BCUT2D eigenvalue weighted by Gasteiger charge is 2.37. The first-order valence-corrected chi connectivity index (χ1v) is 6.12. The molecular weight excluding hydrogens is 271 g/mol. The zero-order valence-corrected chi connectivity index (χ0v) is 10.9. The topological polar surface area (TPSA) is 49.3 Å². The second kappa shape index (κ2) is 7.09. The van der Waals surface area contributed by atoms with Crippen molar-refractivity contribution in [3.63, 3.8) is 0 Å². The van der Waals surface area contributed by atoms with Gasteiger partial charge in [-0.05, 0) is 23.6 Å². The number of nitrogens with one attached hydrogen (secondary N) is 1. The smallest absolute Gasteiger partial charge is 0.382 e. The van der Waals surface area contributed by atoms with E-state index < -0.39 is 24.7 Å². The van der Waals surface area contributed by atoms with E-state index in [0.29, 0.717) is 0 Å². The maximum atomic E-state index is 12.0. The summed E-state index contributed by atoms with van der Waals surface area (Å²) in [5, 5.41) is 10.7. The molecule has 3 nitrogen and oxygen atoms in total. The summed E-state index contributed by atoms with van der Waals surface area (Å²) in [5.74, 6) is -0.687. The molecule has 0 aliphatic rings. The normalized spacial score (nSPS) is 13.4. The third kappa shape index (κ3) is 5.44. The van der Waals surface area contributed by atoms with Crippen LogP contribution in [0, 0.1) is 0 Å². The van der Waals surface area contributed by atoms with Crippen molar-refractivity contribution in [2.75, 3.05) is 6.54 Å². The van der Waals surface area contributed by atoms with Crippen LogP contribution in [0.2, 0.25) is 0 Å². The van der Waals surface area contributed by atoms with Gasteiger partial charge < -0.3 is 10.4 Å². The van der Waals surface area contributed by atoms with Gasteiger partial charge in [0.1, 0.15) is 0 Å². The Labute approximate surface area is 115 Å². The minimum absolute atomic E-state index is 0.687. The van der Waals surface area contributed by atoms with Crippen LogP contribution in [-0.4, -0.2) is 29.8 Å². The van der Waals surface area contributed by atoms with Gasteiger partial charge in [0.05, 0.1) is 6.54 Å². The molecule has 0 saturated heterocycles. The molecule has 1 atom stereocenters. The fourth-order valence-electron chi connectivity index (χ4n) is 1.41. The molecule has 0 saturated carbocycles. The number of aliphatic hydroxyl groups is 1. The number of aryl methyl sites for hydroxylation is 1. The first-order valence-electron chi connectivity index (χ1n) is 6.12. The lowest BCUT2D eigenvalue weighted by Gasteiger charge is -2.14. The van der Waals surface area contributed by atoms with Crippen LogP contribution in [0.3, 0.4) is 0 Å². The summed E-state index contributed by atoms with van der Waals surface area (Å²) >= 11 is 0. The van der Waals surface area contributed by atoms with Gasteiger partial charge in [0.25, 0.3) is 0 Å². The zero-order chi connectivity index (χ0) is 15.2. The fraction of sp³-hybridized carbons (Fsp3) is 0.357. The molecule has 2 N–H and O–H groups in total. The monoisotopic (exact) mass is 287 g/mol. The highest BCUT2D eigenvalue weighted by atomic mass is 19.4. The maximum absolute atomic E-state index is 12.0. The van der Waals surface area contributed by atoms with Gasteiger partial charge in [-0.1, -0.05) is 31.2 Å². The number of carbonyl (C=O) groups is 1. The van der Waals surface area contributed by atoms with E-state index in [1.807, 2.05) is 36.5 Å². The quantitative estimate of drug-likeness (QED) is 0.816. The van der Waals surface area contributed by atoms with Gasteiger partial charge in [-0.2, -0.15) is 13.2 Å². The van der Waals surface area contributed by atoms with Gasteiger partial charge >= 0.3 is 6.18 Å². The summed E-state index contributed by atoms with van der Waals surface area (Å²) < 4.78 is 36.0. The van der Waals surface area contributed by atoms with Crippen molar-refractivity contribution in [2.45, 2.75) is 25.6 Å². The maximum Gasteiger partial charge on any atom is 0.416 e. The van der Waals surface area contributed by atoms with Crippen molar-refractivity contribution in [3.05, 3.63) is 41.5 Å². The van der Waals surface area contributed by atoms with Crippen molar-refractivity contribution in [2.24, 2.45) is 0 Å². The number of hydrogen-bond acceptors (Lipinski definition) is 2. The SMILES string of the molecule is CCc1ccc(/C=C/C(=O)NCC(O)C(F)(F)F)cc1. The summed E-state index contributed by atoms with van der Waals surface area (Å²) in [4.78, 5) is 11.3. The lowest BCUT2D eigenvalue weighted by atomic mass is 10.1. The van der Waals surface area contributed by atoms with E-state index in [4.69, 9.17) is 5.11 Å². The average Bonchev–Trinajstić information content (AvgIpc) is 2.41. The van der Waals surface area contributed by atoms with Crippen LogP contribution < -0.4 is 5.32 Å². The summed E-state index contributed by atoms with van der Waals surface area (Å²) in [6.07, 6.45) is -3.75. The number of hydrogen-bond donors (Lipinski definition) is 2. The third-order valence-corrected chi connectivity index (χ3v) is 2.66. The molecule has 0 aliphatic carbocycles. The third-order valence-electron chi connectivity index (χ3n) is 2.66. The van der Waals surface area contributed by atoms with E-state index in [1.165, 1.54) is 6.08 Å². The summed E-state index contributed by atoms with van der Waals surface area (Å²) in [7, 11) is 0. The molecule has 0 heterocycles. The van der Waals surface area contributed by atoms with E-state index in [1.54, 1.807) is 0 Å². The van der Waals surface area contributed by atoms with Gasteiger partial charge in [-0.25, -0.2) is 0 Å². The van der Waals surface area contributed by atoms with E-state index in [-0.39, 0.29) is 0 Å². The Bertz CT molecular complexity index is 466. The van der Waals surface area contributed by atoms with Gasteiger partial charge in [0.2, 0.25) is 5.91 Å². The number of rotatable bonds is 5. The molecule has 0 aliphatic heterocycles. The number of benzene rings is 1. The number of amides is 1. The highest BCUT2D eigenvalue weighted by molar-refractivity contribution is 5.91. The summed E-state index contributed by atoms with van der Waals surface area (Å²) in [6, 6.07) is 7.44. The number of halogens is 3. The Hall–Kier alpha value is -1.82. The lowest BCUT2D eigenvalue weighted by Crippen LogP contribution is -2.40. The van der Waals surface area contributed by atoms with Crippen molar-refractivity contribution in [3.8, 4) is 0 Å². The Kier molecular flexibility index (Phi) is 5.76. The molecule has 0 spiro atoms. The zero-order valence-electron chi connectivity index (χ0n) is 10.9. The molecule has 1 rings (SSSR count). The number of aliphatic hydroxyl groups excluding tert-OH is 1. The highest BCUT2D eigenvalue weighted by Crippen LogP contribution is 2.19. The van der Waals surface area contributed by atoms with E-state index in [9.17, 15) is 18.0 Å². The molecule has 20 heavy (non-hydrogen) atoms. The van der Waals surface area contributed by atoms with Crippen LogP contribution in [0.5, 0.6) is 0 Å². The molecule has 110 valence electrons. The number of carbonyl (C=O) groups excluding carboxylic acids is 1. The molecule has 0 fully saturated rings. The Balaban J connectivity index is 2.47. The minimum Gasteiger partial charge on any atom is -0.382 e. The van der Waals surface area contributed by atoms with Crippen LogP contribution >= 0.6 is 0 Å². The standard InChI is InChI=1S/C14H16F3NO2/c1-2-10-3-5-11(6-4-10)7-8-13(20)18-9-12(19)14(15,16)17/h3-8,12,19H,2,9H2,1H3,(H,18,20)/b8-7+. The van der Waals surface area contributed by atoms with Crippen LogP contribution in [0.4, 0.5) is 13.2 Å². The van der Waals surface area contributed by atoms with E-state index in [2.05, 4.69) is 0 Å². The van der Waals surface area contributed by atoms with Crippen LogP contribution in [0.25, 0.3) is 6.08 Å². The molecule has 1 unspecified atom stereocenters. The molecule has 1 amide bonds. The predicted molar refractivity (Wildman–Crippen MR) is 69.9 cm³/mol. The molecule has 1 aromatic rings. The molecule has 6 heteroatoms. The van der Waals surface area contributed by atoms with Crippen LogP contribution in [0.15, 0.2) is 30.3 Å². The van der Waals surface area contributed by atoms with Crippen molar-refractivity contribution in [1.29, 1.82) is 0 Å². The van der Waals surface area contributed by atoms with Crippen LogP contribution in [-0.2, 0) is 11.2 Å². The number of alkyl halides is 3. The van der Waals surface area contributed by atoms with Gasteiger partial charge in [-0.3, -0.25) is 4.79 Å². The molecule has 1 aromatic carbocycles. The average molecular weight is 287 g/mol. The first kappa shape index (κ1) is 16.2. The molecule has 0 aromatic heterocycles. The Morgan fingerprint density at radius 1 is 1.35 bits per heavy atom. The fourth-order valence-corrected chi connectivity index (χ4v) is 1.41. The van der Waals surface area contributed by atoms with Gasteiger partial charge in [0, 0.05) is 6.08 Å². The lowest BCUT2D eigenvalue weighted by molar-refractivity contribution is -0.201.